The van der Waals surface area contributed by atoms with Crippen molar-refractivity contribution >= 4 is 9.17 Å². The highest BCUT2D eigenvalue weighted by Crippen LogP contribution is 2.23. The van der Waals surface area contributed by atoms with Gasteiger partial charge in [-0.1, -0.05) is 12.1 Å². The quantitative estimate of drug-likeness (QED) is 0.621. The molecule has 0 atom stereocenters. The first-order chi connectivity index (χ1) is 5.20. The molecule has 0 spiro atoms. The van der Waals surface area contributed by atoms with Crippen LogP contribution in [0.1, 0.15) is 0 Å². The molecule has 0 unspecified atom stereocenters. The van der Waals surface area contributed by atoms with Crippen molar-refractivity contribution in [1.29, 1.82) is 0 Å². The van der Waals surface area contributed by atoms with Gasteiger partial charge in [-0.2, -0.15) is 0 Å². The first-order valence-corrected chi connectivity index (χ1v) is 4.15. The van der Waals surface area contributed by atoms with Gasteiger partial charge in [0.25, 0.3) is 0 Å². The van der Waals surface area contributed by atoms with Gasteiger partial charge in [0.05, 0.1) is 0 Å². The molecule has 4 nitrogen and oxygen atoms in total. The van der Waals surface area contributed by atoms with E-state index in [9.17, 15) is 4.46 Å². The maximum atomic E-state index is 10.2. The second-order valence-electron chi connectivity index (χ2n) is 1.84. The zero-order valence-corrected chi connectivity index (χ0v) is 6.52. The maximum absolute atomic E-state index is 10.2. The number of hydrogen-bond donors (Lipinski definition) is 2. The molecule has 0 aliphatic carbocycles. The van der Waals surface area contributed by atoms with Crippen LogP contribution >= 0.6 is 0 Å². The molecule has 1 aromatic rings. The van der Waals surface area contributed by atoms with E-state index in [1.165, 1.54) is 12.1 Å². The van der Waals surface area contributed by atoms with Crippen molar-refractivity contribution in [2.24, 2.45) is 0 Å². The zero-order valence-electron chi connectivity index (χ0n) is 5.52. The van der Waals surface area contributed by atoms with Gasteiger partial charge >= 0.3 is 9.17 Å². The Balaban J connectivity index is 2.86. The Labute approximate surface area is 64.6 Å². The van der Waals surface area contributed by atoms with Gasteiger partial charge in [0.1, 0.15) is 0 Å². The Hall–Kier alpha value is -1.36. The molecule has 0 radical (unpaired) electrons. The fraction of sp³-hybridized carbons (Fsp3) is 0. The number of hydrogen-bond acceptors (Lipinski definition) is 3. The Morgan fingerprint density at radius 3 is 2.55 bits per heavy atom. The topological polar surface area (TPSA) is 66.8 Å². The summed E-state index contributed by atoms with van der Waals surface area (Å²) < 4.78 is 14.6. The third kappa shape index (κ3) is 2.05. The molecule has 1 rings (SSSR count). The summed E-state index contributed by atoms with van der Waals surface area (Å²) in [5.41, 5.74) is 0. The van der Waals surface area contributed by atoms with Gasteiger partial charge in [0.15, 0.2) is 11.5 Å². The van der Waals surface area contributed by atoms with Crippen LogP contribution in [0.15, 0.2) is 24.3 Å². The van der Waals surface area contributed by atoms with E-state index in [2.05, 4.69) is 4.43 Å². The van der Waals surface area contributed by atoms with Crippen molar-refractivity contribution in [3.8, 4) is 11.5 Å². The van der Waals surface area contributed by atoms with Crippen LogP contribution in [-0.2, 0) is 4.46 Å². The van der Waals surface area contributed by atoms with Crippen molar-refractivity contribution in [3.05, 3.63) is 24.3 Å². The van der Waals surface area contributed by atoms with E-state index in [1.54, 1.807) is 12.1 Å². The molecule has 0 heterocycles. The van der Waals surface area contributed by atoms with E-state index < -0.39 is 9.17 Å². The molecule has 0 amide bonds. The van der Waals surface area contributed by atoms with E-state index in [1.807, 2.05) is 0 Å². The number of phenolic OH excluding ortho intramolecular Hbond substituents is 1. The second-order valence-corrected chi connectivity index (χ2v) is 2.57. The Kier molecular flexibility index (Phi) is 2.22. The molecule has 5 heteroatoms. The molecular formula is C6H6O4Si. The lowest BCUT2D eigenvalue weighted by Crippen LogP contribution is -2.08. The van der Waals surface area contributed by atoms with Gasteiger partial charge in [-0.3, -0.25) is 4.46 Å². The van der Waals surface area contributed by atoms with Crippen molar-refractivity contribution < 1.29 is 18.8 Å². The minimum Gasteiger partial charge on any atom is -0.511 e. The van der Waals surface area contributed by atoms with Crippen LogP contribution in [0.2, 0.25) is 0 Å². The second kappa shape index (κ2) is 3.15. The number of para-hydroxylation sites is 2. The molecule has 0 bridgehead atoms. The summed E-state index contributed by atoms with van der Waals surface area (Å²) in [6, 6.07) is 5.98. The molecule has 58 valence electrons. The van der Waals surface area contributed by atoms with Crippen molar-refractivity contribution in [3.63, 3.8) is 0 Å². The Morgan fingerprint density at radius 2 is 2.00 bits per heavy atom. The summed E-state index contributed by atoms with van der Waals surface area (Å²) in [6.07, 6.45) is 0. The van der Waals surface area contributed by atoms with E-state index in [-0.39, 0.29) is 11.5 Å². The van der Waals surface area contributed by atoms with Gasteiger partial charge in [0, 0.05) is 0 Å². The van der Waals surface area contributed by atoms with Gasteiger partial charge in [-0.05, 0) is 12.1 Å². The largest absolute Gasteiger partial charge is 0.770 e. The molecule has 0 aliphatic heterocycles. The Morgan fingerprint density at radius 1 is 1.36 bits per heavy atom. The standard InChI is InChI=1S/C6H6O4Si/c7-5-3-1-2-4-6(5)10-11(8)9/h1-4,7-8H. The van der Waals surface area contributed by atoms with Gasteiger partial charge in [-0.15, -0.1) is 0 Å². The maximum Gasteiger partial charge on any atom is 0.770 e. The van der Waals surface area contributed by atoms with Crippen LogP contribution in [0.4, 0.5) is 0 Å². The van der Waals surface area contributed by atoms with Crippen molar-refractivity contribution in [1.82, 2.24) is 0 Å². The summed E-state index contributed by atoms with van der Waals surface area (Å²) >= 11 is 0. The molecule has 0 aromatic heterocycles. The highest BCUT2D eigenvalue weighted by Gasteiger charge is 2.08. The van der Waals surface area contributed by atoms with Crippen LogP contribution in [0.3, 0.4) is 0 Å². The smallest absolute Gasteiger partial charge is 0.511 e. The monoisotopic (exact) mass is 170 g/mol. The van der Waals surface area contributed by atoms with Crippen LogP contribution in [0.5, 0.6) is 11.5 Å². The average Bonchev–Trinajstić information content (AvgIpc) is 1.93. The fourth-order valence-electron chi connectivity index (χ4n) is 0.638. The molecule has 0 saturated carbocycles. The molecule has 0 fully saturated rings. The van der Waals surface area contributed by atoms with E-state index >= 15 is 0 Å². The normalized spacial score (nSPS) is 9.09. The van der Waals surface area contributed by atoms with Crippen LogP contribution in [-0.4, -0.2) is 19.1 Å². The van der Waals surface area contributed by atoms with Gasteiger partial charge < -0.3 is 14.3 Å². The molecule has 0 aliphatic rings. The molecule has 2 N–H and O–H groups in total. The SMILES string of the molecule is O=[Si](O)Oc1ccccc1O. The highest BCUT2D eigenvalue weighted by molar-refractivity contribution is 6.25. The van der Waals surface area contributed by atoms with Crippen LogP contribution in [0, 0.1) is 0 Å². The van der Waals surface area contributed by atoms with E-state index in [0.29, 0.717) is 0 Å². The van der Waals surface area contributed by atoms with E-state index in [4.69, 9.17) is 9.90 Å². The van der Waals surface area contributed by atoms with Crippen molar-refractivity contribution in [2.75, 3.05) is 0 Å². The van der Waals surface area contributed by atoms with Gasteiger partial charge in [-0.25, -0.2) is 0 Å². The number of rotatable bonds is 2. The zero-order chi connectivity index (χ0) is 8.27. The summed E-state index contributed by atoms with van der Waals surface area (Å²) in [6.45, 7) is 0. The van der Waals surface area contributed by atoms with Crippen LogP contribution < -0.4 is 4.43 Å². The summed E-state index contributed by atoms with van der Waals surface area (Å²) in [7, 11) is -3.02. The minimum atomic E-state index is -3.02. The molecular weight excluding hydrogens is 164 g/mol. The summed E-state index contributed by atoms with van der Waals surface area (Å²) in [5, 5.41) is 9.00. The average molecular weight is 170 g/mol. The van der Waals surface area contributed by atoms with Crippen molar-refractivity contribution in [2.45, 2.75) is 0 Å². The third-order valence-electron chi connectivity index (χ3n) is 1.06. The predicted octanol–water partition coefficient (Wildman–Crippen LogP) is 0.179. The lowest BCUT2D eigenvalue weighted by molar-refractivity contribution is 0.328. The summed E-state index contributed by atoms with van der Waals surface area (Å²) in [5.74, 6) is -0.112. The summed E-state index contributed by atoms with van der Waals surface area (Å²) in [4.78, 5) is 8.34. The third-order valence-corrected chi connectivity index (χ3v) is 1.46. The Bertz CT molecular complexity index is 273. The highest BCUT2D eigenvalue weighted by atomic mass is 28.3. The van der Waals surface area contributed by atoms with E-state index in [0.717, 1.165) is 0 Å². The lowest BCUT2D eigenvalue weighted by Gasteiger charge is -2.00. The molecule has 0 saturated heterocycles. The number of phenols is 1. The first-order valence-electron chi connectivity index (χ1n) is 2.89. The van der Waals surface area contributed by atoms with Gasteiger partial charge in [0.2, 0.25) is 0 Å². The van der Waals surface area contributed by atoms with Crippen LogP contribution in [0.25, 0.3) is 0 Å². The number of aromatic hydroxyl groups is 1. The minimum absolute atomic E-state index is 0.0267. The number of benzene rings is 1. The molecule has 1 aromatic carbocycles. The first kappa shape index (κ1) is 7.74. The lowest BCUT2D eigenvalue weighted by atomic mass is 10.3. The predicted molar refractivity (Wildman–Crippen MR) is 37.4 cm³/mol. The molecule has 11 heavy (non-hydrogen) atoms. The fourth-order valence-corrected chi connectivity index (χ4v) is 0.998.